The molecule has 2 heterocycles. The van der Waals surface area contributed by atoms with Crippen molar-refractivity contribution >= 4 is 17.7 Å². The van der Waals surface area contributed by atoms with E-state index in [9.17, 15) is 14.4 Å². The lowest BCUT2D eigenvalue weighted by molar-refractivity contribution is -0.138. The van der Waals surface area contributed by atoms with Crippen LogP contribution in [0.5, 0.6) is 0 Å². The SMILES string of the molecule is C[C@@H]1CN([C@H](C)CNC(=O)CCN2C(=O)CCC2=O)C[C@H](C)O1. The summed E-state index contributed by atoms with van der Waals surface area (Å²) in [6.45, 7) is 8.65. The Labute approximate surface area is 137 Å². The van der Waals surface area contributed by atoms with E-state index in [4.69, 9.17) is 4.74 Å². The van der Waals surface area contributed by atoms with Crippen LogP contribution < -0.4 is 5.32 Å². The van der Waals surface area contributed by atoms with Crippen molar-refractivity contribution in [3.8, 4) is 0 Å². The molecule has 0 unspecified atom stereocenters. The monoisotopic (exact) mass is 325 g/mol. The maximum absolute atomic E-state index is 11.9. The van der Waals surface area contributed by atoms with Crippen molar-refractivity contribution in [1.29, 1.82) is 0 Å². The molecule has 2 aliphatic rings. The van der Waals surface area contributed by atoms with E-state index in [1.807, 2.05) is 0 Å². The van der Waals surface area contributed by atoms with Crippen LogP contribution in [0.25, 0.3) is 0 Å². The van der Waals surface area contributed by atoms with Crippen LogP contribution in [0.4, 0.5) is 0 Å². The topological polar surface area (TPSA) is 79.0 Å². The number of hydrogen-bond donors (Lipinski definition) is 1. The van der Waals surface area contributed by atoms with Crippen LogP contribution in [-0.4, -0.2) is 72.0 Å². The van der Waals surface area contributed by atoms with Gasteiger partial charge in [0.25, 0.3) is 0 Å². The summed E-state index contributed by atoms with van der Waals surface area (Å²) in [4.78, 5) is 38.4. The van der Waals surface area contributed by atoms with E-state index in [0.29, 0.717) is 6.54 Å². The van der Waals surface area contributed by atoms with Gasteiger partial charge in [0.15, 0.2) is 0 Å². The highest BCUT2D eigenvalue weighted by Gasteiger charge is 2.29. The van der Waals surface area contributed by atoms with Crippen molar-refractivity contribution < 1.29 is 19.1 Å². The average Bonchev–Trinajstić information content (AvgIpc) is 2.80. The minimum Gasteiger partial charge on any atom is -0.373 e. The summed E-state index contributed by atoms with van der Waals surface area (Å²) in [7, 11) is 0. The second kappa shape index (κ2) is 7.88. The number of nitrogens with zero attached hydrogens (tertiary/aromatic N) is 2. The summed E-state index contributed by atoms with van der Waals surface area (Å²) in [6, 6.07) is 0.225. The molecule has 7 heteroatoms. The molecule has 0 bridgehead atoms. The van der Waals surface area contributed by atoms with Crippen molar-refractivity contribution in [2.24, 2.45) is 0 Å². The molecule has 0 aromatic rings. The fourth-order valence-corrected chi connectivity index (χ4v) is 3.14. The van der Waals surface area contributed by atoms with Gasteiger partial charge < -0.3 is 10.1 Å². The fraction of sp³-hybridized carbons (Fsp3) is 0.812. The standard InChI is InChI=1S/C16H27N3O4/c1-11(18-9-12(2)23-13(3)10-18)8-17-14(20)6-7-19-15(21)4-5-16(19)22/h11-13H,4-10H2,1-3H3,(H,17,20)/t11-,12-,13+/m1/s1. The summed E-state index contributed by atoms with van der Waals surface area (Å²) in [5.41, 5.74) is 0. The number of carbonyl (C=O) groups excluding carboxylic acids is 3. The Morgan fingerprint density at radius 3 is 2.35 bits per heavy atom. The molecule has 23 heavy (non-hydrogen) atoms. The van der Waals surface area contributed by atoms with Crippen molar-refractivity contribution in [3.63, 3.8) is 0 Å². The molecule has 0 saturated carbocycles. The van der Waals surface area contributed by atoms with Crippen LogP contribution in [0.2, 0.25) is 0 Å². The maximum Gasteiger partial charge on any atom is 0.229 e. The molecule has 0 aromatic carbocycles. The third-order valence-electron chi connectivity index (χ3n) is 4.38. The minimum atomic E-state index is -0.174. The van der Waals surface area contributed by atoms with Gasteiger partial charge in [-0.1, -0.05) is 0 Å². The second-order valence-electron chi connectivity index (χ2n) is 6.55. The molecule has 0 aliphatic carbocycles. The zero-order valence-corrected chi connectivity index (χ0v) is 14.2. The Balaban J connectivity index is 1.69. The molecule has 130 valence electrons. The van der Waals surface area contributed by atoms with E-state index in [2.05, 4.69) is 31.0 Å². The van der Waals surface area contributed by atoms with Gasteiger partial charge in [0, 0.05) is 51.5 Å². The van der Waals surface area contributed by atoms with Crippen LogP contribution in [0.15, 0.2) is 0 Å². The van der Waals surface area contributed by atoms with E-state index in [1.54, 1.807) is 0 Å². The molecule has 2 aliphatic heterocycles. The molecule has 2 rings (SSSR count). The maximum atomic E-state index is 11.9. The molecular formula is C16H27N3O4. The number of hydrogen-bond acceptors (Lipinski definition) is 5. The number of imide groups is 1. The van der Waals surface area contributed by atoms with Crippen LogP contribution in [-0.2, 0) is 19.1 Å². The molecule has 0 spiro atoms. The molecule has 0 radical (unpaired) electrons. The van der Waals surface area contributed by atoms with Crippen molar-refractivity contribution in [1.82, 2.24) is 15.1 Å². The van der Waals surface area contributed by atoms with Crippen LogP contribution in [0.3, 0.4) is 0 Å². The lowest BCUT2D eigenvalue weighted by Crippen LogP contribution is -2.52. The smallest absolute Gasteiger partial charge is 0.229 e. The van der Waals surface area contributed by atoms with Gasteiger partial charge in [-0.25, -0.2) is 0 Å². The first kappa shape index (κ1) is 17.9. The summed E-state index contributed by atoms with van der Waals surface area (Å²) in [6.07, 6.45) is 1.10. The molecule has 3 atom stereocenters. The summed E-state index contributed by atoms with van der Waals surface area (Å²) >= 11 is 0. The lowest BCUT2D eigenvalue weighted by atomic mass is 10.1. The third-order valence-corrected chi connectivity index (χ3v) is 4.38. The summed E-state index contributed by atoms with van der Waals surface area (Å²) < 4.78 is 5.71. The zero-order valence-electron chi connectivity index (χ0n) is 14.2. The van der Waals surface area contributed by atoms with Gasteiger partial charge >= 0.3 is 0 Å². The predicted molar refractivity (Wildman–Crippen MR) is 84.6 cm³/mol. The van der Waals surface area contributed by atoms with Crippen LogP contribution in [0.1, 0.15) is 40.0 Å². The average molecular weight is 325 g/mol. The van der Waals surface area contributed by atoms with E-state index >= 15 is 0 Å². The Bertz CT molecular complexity index is 442. The molecule has 2 fully saturated rings. The Morgan fingerprint density at radius 2 is 1.78 bits per heavy atom. The number of nitrogens with one attached hydrogen (secondary N) is 1. The first-order valence-electron chi connectivity index (χ1n) is 8.36. The first-order valence-corrected chi connectivity index (χ1v) is 8.36. The molecule has 7 nitrogen and oxygen atoms in total. The molecule has 1 N–H and O–H groups in total. The van der Waals surface area contributed by atoms with E-state index < -0.39 is 0 Å². The molecule has 3 amide bonds. The van der Waals surface area contributed by atoms with Gasteiger partial charge in [0.05, 0.1) is 12.2 Å². The van der Waals surface area contributed by atoms with Crippen LogP contribution in [0, 0.1) is 0 Å². The Hall–Kier alpha value is -1.47. The van der Waals surface area contributed by atoms with Gasteiger partial charge in [-0.3, -0.25) is 24.2 Å². The van der Waals surface area contributed by atoms with Crippen molar-refractivity contribution in [3.05, 3.63) is 0 Å². The molecule has 0 aromatic heterocycles. The van der Waals surface area contributed by atoms with Gasteiger partial charge in [-0.05, 0) is 20.8 Å². The highest BCUT2D eigenvalue weighted by molar-refractivity contribution is 6.02. The number of carbonyl (C=O) groups is 3. The first-order chi connectivity index (χ1) is 10.9. The summed E-state index contributed by atoms with van der Waals surface area (Å²) in [5, 5.41) is 2.89. The minimum absolute atomic E-state index is 0.126. The van der Waals surface area contributed by atoms with E-state index in [1.165, 1.54) is 4.90 Å². The number of ether oxygens (including phenoxy) is 1. The number of likely N-dealkylation sites (tertiary alicyclic amines) is 1. The largest absolute Gasteiger partial charge is 0.373 e. The number of morpholine rings is 1. The predicted octanol–water partition coefficient (Wildman–Crippen LogP) is 0.139. The normalized spacial score (nSPS) is 27.3. The molecule has 2 saturated heterocycles. The molecular weight excluding hydrogens is 298 g/mol. The Morgan fingerprint density at radius 1 is 1.22 bits per heavy atom. The van der Waals surface area contributed by atoms with E-state index in [-0.39, 0.29) is 61.8 Å². The quantitative estimate of drug-likeness (QED) is 0.703. The number of amides is 3. The van der Waals surface area contributed by atoms with Crippen molar-refractivity contribution in [2.75, 3.05) is 26.2 Å². The van der Waals surface area contributed by atoms with Gasteiger partial charge in [-0.2, -0.15) is 0 Å². The van der Waals surface area contributed by atoms with Gasteiger partial charge in [-0.15, -0.1) is 0 Å². The highest BCUT2D eigenvalue weighted by atomic mass is 16.5. The third kappa shape index (κ3) is 5.00. The second-order valence-corrected chi connectivity index (χ2v) is 6.55. The van der Waals surface area contributed by atoms with Crippen LogP contribution >= 0.6 is 0 Å². The summed E-state index contributed by atoms with van der Waals surface area (Å²) in [5.74, 6) is -0.473. The Kier molecular flexibility index (Phi) is 6.12. The van der Waals surface area contributed by atoms with Crippen molar-refractivity contribution in [2.45, 2.75) is 58.3 Å². The lowest BCUT2D eigenvalue weighted by Gasteiger charge is -2.39. The fourth-order valence-electron chi connectivity index (χ4n) is 3.14. The van der Waals surface area contributed by atoms with E-state index in [0.717, 1.165) is 13.1 Å². The number of rotatable bonds is 6. The van der Waals surface area contributed by atoms with Gasteiger partial charge in [0.1, 0.15) is 0 Å². The van der Waals surface area contributed by atoms with Gasteiger partial charge in [0.2, 0.25) is 17.7 Å². The highest BCUT2D eigenvalue weighted by Crippen LogP contribution is 2.13. The zero-order chi connectivity index (χ0) is 17.0.